The van der Waals surface area contributed by atoms with Crippen LogP contribution in [0.5, 0.6) is 0 Å². The van der Waals surface area contributed by atoms with Gasteiger partial charge >= 0.3 is 11.9 Å². The first kappa shape index (κ1) is 14.0. The lowest BCUT2D eigenvalue weighted by Crippen LogP contribution is -2.26. The summed E-state index contributed by atoms with van der Waals surface area (Å²) in [7, 11) is 0. The monoisotopic (exact) mass is 255 g/mol. The van der Waals surface area contributed by atoms with E-state index in [0.29, 0.717) is 0 Å². The molecule has 1 aromatic rings. The minimum absolute atomic E-state index is 0.102. The summed E-state index contributed by atoms with van der Waals surface area (Å²) < 4.78 is 18.1. The average molecular weight is 255 g/mol. The van der Waals surface area contributed by atoms with Crippen molar-refractivity contribution >= 4 is 17.6 Å². The second-order valence-corrected chi connectivity index (χ2v) is 3.81. The highest BCUT2D eigenvalue weighted by Crippen LogP contribution is 2.18. The number of nitrogen functional groups attached to an aromatic ring is 1. The molecule has 0 aliphatic rings. The van der Waals surface area contributed by atoms with Crippen LogP contribution in [0.25, 0.3) is 0 Å². The van der Waals surface area contributed by atoms with Gasteiger partial charge in [0.25, 0.3) is 0 Å². The fraction of sp³-hybridized carbons (Fsp3) is 0.333. The van der Waals surface area contributed by atoms with E-state index in [2.05, 4.69) is 0 Å². The van der Waals surface area contributed by atoms with Gasteiger partial charge in [-0.05, 0) is 25.5 Å². The zero-order valence-electron chi connectivity index (χ0n) is 10.1. The Kier molecular flexibility index (Phi) is 4.25. The Morgan fingerprint density at radius 2 is 2.11 bits per heavy atom. The van der Waals surface area contributed by atoms with Crippen LogP contribution in [0.3, 0.4) is 0 Å². The Labute approximate surface area is 103 Å². The van der Waals surface area contributed by atoms with E-state index in [1.54, 1.807) is 6.92 Å². The number of carboxylic acid groups (broad SMARTS) is 1. The lowest BCUT2D eigenvalue weighted by molar-refractivity contribution is -0.147. The van der Waals surface area contributed by atoms with Crippen LogP contribution in [-0.2, 0) is 9.53 Å². The second kappa shape index (κ2) is 5.48. The molecule has 0 aliphatic heterocycles. The van der Waals surface area contributed by atoms with Crippen molar-refractivity contribution in [2.24, 2.45) is 0 Å². The van der Waals surface area contributed by atoms with Crippen LogP contribution in [0.1, 0.15) is 29.3 Å². The molecule has 0 fully saturated rings. The molecule has 1 atom stereocenters. The third kappa shape index (κ3) is 2.97. The molecule has 0 spiro atoms. The quantitative estimate of drug-likeness (QED) is 0.631. The Hall–Kier alpha value is -2.11. The highest BCUT2D eigenvalue weighted by molar-refractivity contribution is 5.92. The van der Waals surface area contributed by atoms with Crippen molar-refractivity contribution in [3.05, 3.63) is 29.1 Å². The van der Waals surface area contributed by atoms with Gasteiger partial charge in [0.05, 0.1) is 5.56 Å². The Morgan fingerprint density at radius 1 is 1.50 bits per heavy atom. The van der Waals surface area contributed by atoms with Crippen molar-refractivity contribution in [1.82, 2.24) is 0 Å². The van der Waals surface area contributed by atoms with E-state index in [0.717, 1.165) is 6.07 Å². The summed E-state index contributed by atoms with van der Waals surface area (Å²) in [5.74, 6) is -2.79. The Morgan fingerprint density at radius 3 is 2.56 bits per heavy atom. The number of nitrogens with two attached hydrogens (primary N) is 1. The predicted molar refractivity (Wildman–Crippen MR) is 62.7 cm³/mol. The van der Waals surface area contributed by atoms with Gasteiger partial charge in [0.2, 0.25) is 0 Å². The molecule has 98 valence electrons. The van der Waals surface area contributed by atoms with E-state index >= 15 is 0 Å². The van der Waals surface area contributed by atoms with E-state index in [1.165, 1.54) is 13.0 Å². The zero-order valence-corrected chi connectivity index (χ0v) is 10.1. The van der Waals surface area contributed by atoms with Crippen molar-refractivity contribution in [3.63, 3.8) is 0 Å². The van der Waals surface area contributed by atoms with E-state index < -0.39 is 23.9 Å². The fourth-order valence-corrected chi connectivity index (χ4v) is 1.32. The summed E-state index contributed by atoms with van der Waals surface area (Å²) in [6.45, 7) is 3.04. The van der Waals surface area contributed by atoms with Crippen molar-refractivity contribution in [1.29, 1.82) is 0 Å². The van der Waals surface area contributed by atoms with Gasteiger partial charge < -0.3 is 15.6 Å². The number of hydrogen-bond acceptors (Lipinski definition) is 4. The smallest absolute Gasteiger partial charge is 0.345 e. The molecule has 0 radical (unpaired) electrons. The number of carbonyl (C=O) groups is 2. The molecule has 0 heterocycles. The maximum absolute atomic E-state index is 13.4. The molecule has 5 nitrogen and oxygen atoms in total. The standard InChI is InChI=1S/C12H14FNO4/c1-3-10(11(15)16)18-12(17)7-4-8(13)6(2)9(14)5-7/h4-5,10H,3,14H2,1-2H3,(H,15,16). The summed E-state index contributed by atoms with van der Waals surface area (Å²) in [5, 5.41) is 8.75. The van der Waals surface area contributed by atoms with Crippen LogP contribution in [0.2, 0.25) is 0 Å². The van der Waals surface area contributed by atoms with Crippen molar-refractivity contribution < 1.29 is 23.8 Å². The number of benzene rings is 1. The highest BCUT2D eigenvalue weighted by Gasteiger charge is 2.21. The number of hydrogen-bond donors (Lipinski definition) is 2. The first-order valence-electron chi connectivity index (χ1n) is 5.36. The van der Waals surface area contributed by atoms with Crippen LogP contribution >= 0.6 is 0 Å². The predicted octanol–water partition coefficient (Wildman–Crippen LogP) is 1.74. The molecule has 0 saturated carbocycles. The van der Waals surface area contributed by atoms with E-state index in [1.807, 2.05) is 0 Å². The van der Waals surface area contributed by atoms with Gasteiger partial charge in [-0.2, -0.15) is 0 Å². The molecular weight excluding hydrogens is 241 g/mol. The van der Waals surface area contributed by atoms with Crippen molar-refractivity contribution in [2.75, 3.05) is 5.73 Å². The molecule has 1 aromatic carbocycles. The summed E-state index contributed by atoms with van der Waals surface area (Å²) in [6, 6.07) is 2.23. The third-order valence-electron chi connectivity index (χ3n) is 2.52. The van der Waals surface area contributed by atoms with Gasteiger partial charge in [0, 0.05) is 11.3 Å². The number of carbonyl (C=O) groups excluding carboxylic acids is 1. The lowest BCUT2D eigenvalue weighted by Gasteiger charge is -2.12. The number of anilines is 1. The summed E-state index contributed by atoms with van der Waals surface area (Å²) in [5.41, 5.74) is 5.77. The number of esters is 1. The van der Waals surface area contributed by atoms with E-state index in [-0.39, 0.29) is 23.2 Å². The average Bonchev–Trinajstić information content (AvgIpc) is 2.31. The maximum atomic E-state index is 13.4. The molecule has 0 amide bonds. The molecule has 0 bridgehead atoms. The van der Waals surface area contributed by atoms with E-state index in [4.69, 9.17) is 15.6 Å². The number of rotatable bonds is 4. The summed E-state index contributed by atoms with van der Waals surface area (Å²) in [4.78, 5) is 22.3. The van der Waals surface area contributed by atoms with Gasteiger partial charge in [0.1, 0.15) is 5.82 Å². The third-order valence-corrected chi connectivity index (χ3v) is 2.52. The Balaban J connectivity index is 2.94. The molecule has 6 heteroatoms. The zero-order chi connectivity index (χ0) is 13.9. The minimum atomic E-state index is -1.25. The molecule has 0 saturated heterocycles. The molecule has 0 aliphatic carbocycles. The number of carboxylic acids is 1. The van der Waals surface area contributed by atoms with Gasteiger partial charge in [-0.3, -0.25) is 0 Å². The first-order chi connectivity index (χ1) is 8.36. The molecule has 0 aromatic heterocycles. The fourth-order valence-electron chi connectivity index (χ4n) is 1.32. The van der Waals surface area contributed by atoms with Gasteiger partial charge in [-0.1, -0.05) is 6.92 Å². The van der Waals surface area contributed by atoms with Crippen LogP contribution < -0.4 is 5.73 Å². The largest absolute Gasteiger partial charge is 0.479 e. The van der Waals surface area contributed by atoms with Crippen LogP contribution in [0.15, 0.2) is 12.1 Å². The number of ether oxygens (including phenoxy) is 1. The van der Waals surface area contributed by atoms with Gasteiger partial charge in [-0.25, -0.2) is 14.0 Å². The minimum Gasteiger partial charge on any atom is -0.479 e. The van der Waals surface area contributed by atoms with Gasteiger partial charge in [-0.15, -0.1) is 0 Å². The normalized spacial score (nSPS) is 11.9. The Bertz CT molecular complexity index is 464. The molecule has 3 N–H and O–H groups in total. The summed E-state index contributed by atoms with van der Waals surface area (Å²) >= 11 is 0. The topological polar surface area (TPSA) is 89.6 Å². The first-order valence-corrected chi connectivity index (χ1v) is 5.36. The number of aliphatic carboxylic acids is 1. The van der Waals surface area contributed by atoms with E-state index in [9.17, 15) is 14.0 Å². The highest BCUT2D eigenvalue weighted by atomic mass is 19.1. The molecular formula is C12H14FNO4. The maximum Gasteiger partial charge on any atom is 0.345 e. The molecule has 1 rings (SSSR count). The molecule has 1 unspecified atom stereocenters. The van der Waals surface area contributed by atoms with Crippen molar-refractivity contribution in [3.8, 4) is 0 Å². The lowest BCUT2D eigenvalue weighted by atomic mass is 10.1. The van der Waals surface area contributed by atoms with Crippen LogP contribution in [0, 0.1) is 12.7 Å². The van der Waals surface area contributed by atoms with Crippen LogP contribution in [-0.4, -0.2) is 23.1 Å². The second-order valence-electron chi connectivity index (χ2n) is 3.81. The van der Waals surface area contributed by atoms with Crippen molar-refractivity contribution in [2.45, 2.75) is 26.4 Å². The summed E-state index contributed by atoms with van der Waals surface area (Å²) in [6.07, 6.45) is -1.12. The van der Waals surface area contributed by atoms with Gasteiger partial charge in [0.15, 0.2) is 6.10 Å². The van der Waals surface area contributed by atoms with Crippen LogP contribution in [0.4, 0.5) is 10.1 Å². The SMILES string of the molecule is CCC(OC(=O)c1cc(N)c(C)c(F)c1)C(=O)O. The molecule has 18 heavy (non-hydrogen) atoms. The number of halogens is 1.